The second-order valence-electron chi connectivity index (χ2n) is 11.1. The topological polar surface area (TPSA) is 80.1 Å². The van der Waals surface area contributed by atoms with Gasteiger partial charge in [0, 0.05) is 66.3 Å². The molecule has 3 atom stereocenters. The summed E-state index contributed by atoms with van der Waals surface area (Å²) in [5.74, 6) is 0.117. The third kappa shape index (κ3) is 5.04. The van der Waals surface area contributed by atoms with E-state index >= 15 is 4.39 Å². The van der Waals surface area contributed by atoms with E-state index in [1.807, 2.05) is 18.7 Å². The normalized spacial score (nSPS) is 22.7. The molecule has 2 aromatic carbocycles. The van der Waals surface area contributed by atoms with Gasteiger partial charge in [-0.1, -0.05) is 29.8 Å². The van der Waals surface area contributed by atoms with Crippen molar-refractivity contribution in [1.82, 2.24) is 19.4 Å². The first-order chi connectivity index (χ1) is 20.2. The van der Waals surface area contributed by atoms with Crippen molar-refractivity contribution < 1.29 is 18.7 Å². The number of piperazine rings is 1. The molecular weight excluding hydrogens is 584 g/mol. The van der Waals surface area contributed by atoms with Crippen LogP contribution in [0.2, 0.25) is 10.0 Å². The largest absolute Gasteiger partial charge is 0.488 e. The van der Waals surface area contributed by atoms with E-state index in [0.29, 0.717) is 65.9 Å². The molecule has 0 bridgehead atoms. The fourth-order valence-electron chi connectivity index (χ4n) is 6.28. The molecule has 0 aliphatic carbocycles. The van der Waals surface area contributed by atoms with Crippen molar-refractivity contribution in [3.63, 3.8) is 0 Å². The van der Waals surface area contributed by atoms with Crippen LogP contribution >= 0.6 is 23.2 Å². The van der Waals surface area contributed by atoms with E-state index in [0.717, 1.165) is 13.1 Å². The summed E-state index contributed by atoms with van der Waals surface area (Å²) in [6.07, 6.45) is 1.31. The summed E-state index contributed by atoms with van der Waals surface area (Å²) < 4.78 is 28.8. The van der Waals surface area contributed by atoms with Gasteiger partial charge in [-0.3, -0.25) is 14.3 Å². The van der Waals surface area contributed by atoms with Gasteiger partial charge in [0.1, 0.15) is 18.2 Å². The lowest BCUT2D eigenvalue weighted by molar-refractivity contribution is -0.128. The quantitative estimate of drug-likeness (QED) is 0.394. The Morgan fingerprint density at radius 1 is 1.17 bits per heavy atom. The van der Waals surface area contributed by atoms with Crippen molar-refractivity contribution in [2.24, 2.45) is 0 Å². The molecule has 1 amide bonds. The van der Waals surface area contributed by atoms with Gasteiger partial charge in [0.25, 0.3) is 0 Å². The van der Waals surface area contributed by atoms with Gasteiger partial charge in [0.2, 0.25) is 5.91 Å². The Balaban J connectivity index is 1.55. The van der Waals surface area contributed by atoms with Crippen LogP contribution in [0.25, 0.3) is 22.0 Å². The first kappa shape index (κ1) is 28.9. The third-order valence-corrected chi connectivity index (χ3v) is 8.90. The standard InChI is InChI=1S/C30H32Cl2FN5O4/c1-4-25(39)36-13-18(3)37(14-17(36)2)29-22-12-23(32)26(21-11-19(31)5-6-24(21)33)28-27(22)38(30(40)34-29)20(16-42-28)15-35-7-9-41-10-8-35/h4-6,11-12,17-18,20H,1,7-10,13-16H2,2-3H3/t17-,18+,20+/m1/s1. The van der Waals surface area contributed by atoms with Crippen molar-refractivity contribution in [2.75, 3.05) is 57.4 Å². The molecule has 222 valence electrons. The Morgan fingerprint density at radius 2 is 1.93 bits per heavy atom. The highest BCUT2D eigenvalue weighted by atomic mass is 35.5. The molecule has 2 saturated heterocycles. The van der Waals surface area contributed by atoms with E-state index in [2.05, 4.69) is 16.5 Å². The highest BCUT2D eigenvalue weighted by molar-refractivity contribution is 6.35. The number of carbonyl (C=O) groups excluding carboxylic acids is 1. The number of morpholine rings is 1. The van der Waals surface area contributed by atoms with E-state index in [4.69, 9.17) is 32.7 Å². The first-order valence-corrected chi connectivity index (χ1v) is 14.8. The number of carbonyl (C=O) groups is 1. The monoisotopic (exact) mass is 615 g/mol. The number of nitrogens with zero attached hydrogens (tertiary/aromatic N) is 5. The van der Waals surface area contributed by atoms with E-state index in [9.17, 15) is 9.59 Å². The van der Waals surface area contributed by atoms with Crippen LogP contribution in [0.4, 0.5) is 10.2 Å². The Labute approximate surface area is 253 Å². The van der Waals surface area contributed by atoms with E-state index < -0.39 is 11.5 Å². The summed E-state index contributed by atoms with van der Waals surface area (Å²) in [6, 6.07) is 5.35. The van der Waals surface area contributed by atoms with Crippen molar-refractivity contribution in [2.45, 2.75) is 32.0 Å². The predicted molar refractivity (Wildman–Crippen MR) is 161 cm³/mol. The van der Waals surface area contributed by atoms with Crippen molar-refractivity contribution in [1.29, 1.82) is 0 Å². The summed E-state index contributed by atoms with van der Waals surface area (Å²) in [6.45, 7) is 11.9. The molecule has 42 heavy (non-hydrogen) atoms. The third-order valence-electron chi connectivity index (χ3n) is 8.37. The maximum absolute atomic E-state index is 15.2. The molecule has 2 fully saturated rings. The van der Waals surface area contributed by atoms with Crippen LogP contribution < -0.4 is 15.3 Å². The van der Waals surface area contributed by atoms with Gasteiger partial charge in [0.05, 0.1) is 29.8 Å². The number of amides is 1. The van der Waals surface area contributed by atoms with Crippen LogP contribution in [-0.2, 0) is 9.53 Å². The van der Waals surface area contributed by atoms with Crippen LogP contribution in [0.5, 0.6) is 5.75 Å². The van der Waals surface area contributed by atoms with Crippen LogP contribution in [0.3, 0.4) is 0 Å². The molecule has 3 aromatic rings. The molecule has 0 radical (unpaired) electrons. The minimum Gasteiger partial charge on any atom is -0.488 e. The molecule has 0 unspecified atom stereocenters. The second kappa shape index (κ2) is 11.5. The number of hydrogen-bond acceptors (Lipinski definition) is 7. The molecule has 6 rings (SSSR count). The van der Waals surface area contributed by atoms with Crippen LogP contribution in [-0.4, -0.2) is 89.9 Å². The fourth-order valence-corrected chi connectivity index (χ4v) is 6.75. The average Bonchev–Trinajstić information content (AvgIpc) is 2.98. The van der Waals surface area contributed by atoms with E-state index in [1.165, 1.54) is 24.3 Å². The lowest BCUT2D eigenvalue weighted by Crippen LogP contribution is -2.58. The predicted octanol–water partition coefficient (Wildman–Crippen LogP) is 4.39. The van der Waals surface area contributed by atoms with E-state index in [1.54, 1.807) is 15.5 Å². The van der Waals surface area contributed by atoms with Gasteiger partial charge in [0.15, 0.2) is 5.75 Å². The van der Waals surface area contributed by atoms with Gasteiger partial charge in [-0.25, -0.2) is 9.18 Å². The number of halogens is 3. The van der Waals surface area contributed by atoms with Crippen LogP contribution in [0.1, 0.15) is 19.9 Å². The highest BCUT2D eigenvalue weighted by Crippen LogP contribution is 2.47. The fraction of sp³-hybridized carbons (Fsp3) is 0.433. The highest BCUT2D eigenvalue weighted by Gasteiger charge is 2.36. The summed E-state index contributed by atoms with van der Waals surface area (Å²) in [5, 5.41) is 1.22. The number of benzene rings is 2. The molecule has 9 nitrogen and oxygen atoms in total. The first-order valence-electron chi connectivity index (χ1n) is 14.0. The minimum atomic E-state index is -0.510. The summed E-state index contributed by atoms with van der Waals surface area (Å²) in [7, 11) is 0. The zero-order valence-corrected chi connectivity index (χ0v) is 25.0. The number of anilines is 1. The second-order valence-corrected chi connectivity index (χ2v) is 11.9. The van der Waals surface area contributed by atoms with E-state index in [-0.39, 0.29) is 41.2 Å². The van der Waals surface area contributed by atoms with Gasteiger partial charge >= 0.3 is 5.69 Å². The van der Waals surface area contributed by atoms with Crippen molar-refractivity contribution >= 4 is 45.8 Å². The lowest BCUT2D eigenvalue weighted by atomic mass is 9.99. The van der Waals surface area contributed by atoms with Gasteiger partial charge < -0.3 is 19.3 Å². The number of hydrogen-bond donors (Lipinski definition) is 0. The lowest BCUT2D eigenvalue weighted by Gasteiger charge is -2.45. The molecule has 1 aromatic heterocycles. The zero-order valence-electron chi connectivity index (χ0n) is 23.5. The maximum Gasteiger partial charge on any atom is 0.350 e. The van der Waals surface area contributed by atoms with Crippen molar-refractivity contribution in [3.8, 4) is 16.9 Å². The molecule has 3 aliphatic rings. The van der Waals surface area contributed by atoms with Gasteiger partial charge in [-0.05, 0) is 44.2 Å². The van der Waals surface area contributed by atoms with Gasteiger partial charge in [-0.15, -0.1) is 0 Å². The zero-order chi connectivity index (χ0) is 29.7. The van der Waals surface area contributed by atoms with Crippen molar-refractivity contribution in [3.05, 3.63) is 63.3 Å². The molecule has 3 aliphatic heterocycles. The minimum absolute atomic E-state index is 0.144. The molecule has 0 spiro atoms. The SMILES string of the molecule is C=CC(=O)N1C[C@H](C)N(c2nc(=O)n3c4c(c(-c5cc(Cl)ccc5F)c(Cl)cc24)OC[C@@H]3CN2CCOCC2)C[C@H]1C. The summed E-state index contributed by atoms with van der Waals surface area (Å²) in [5.41, 5.74) is 0.608. The average molecular weight is 617 g/mol. The molecule has 4 heterocycles. The Morgan fingerprint density at radius 3 is 2.67 bits per heavy atom. The summed E-state index contributed by atoms with van der Waals surface area (Å²) >= 11 is 13.2. The van der Waals surface area contributed by atoms with Crippen LogP contribution in [0.15, 0.2) is 41.7 Å². The Bertz CT molecular complexity index is 1630. The maximum atomic E-state index is 15.2. The number of ether oxygens (including phenoxy) is 2. The molecule has 0 N–H and O–H groups in total. The van der Waals surface area contributed by atoms with Crippen LogP contribution in [0, 0.1) is 5.82 Å². The molecule has 0 saturated carbocycles. The number of rotatable bonds is 5. The molecular formula is C30H32Cl2FN5O4. The summed E-state index contributed by atoms with van der Waals surface area (Å²) in [4.78, 5) is 37.1. The Kier molecular flexibility index (Phi) is 7.91. The smallest absolute Gasteiger partial charge is 0.350 e. The molecule has 12 heteroatoms. The van der Waals surface area contributed by atoms with Gasteiger partial charge in [-0.2, -0.15) is 4.98 Å². The Hall–Kier alpha value is -3.18. The number of aromatic nitrogens is 2.